The molecule has 0 aliphatic carbocycles. The van der Waals surface area contributed by atoms with Crippen molar-refractivity contribution in [3.8, 4) is 0 Å². The lowest BCUT2D eigenvalue weighted by Gasteiger charge is -2.18. The van der Waals surface area contributed by atoms with Gasteiger partial charge >= 0.3 is 17.9 Å². The van der Waals surface area contributed by atoms with Gasteiger partial charge in [0, 0.05) is 19.3 Å². The molecule has 1 atom stereocenters. The van der Waals surface area contributed by atoms with Crippen molar-refractivity contribution in [1.82, 2.24) is 0 Å². The van der Waals surface area contributed by atoms with Gasteiger partial charge in [0.05, 0.1) is 0 Å². The second-order valence-corrected chi connectivity index (χ2v) is 22.8. The Bertz CT molecular complexity index is 1190. The van der Waals surface area contributed by atoms with Crippen molar-refractivity contribution in [3.05, 3.63) is 24.3 Å². The fourth-order valence-electron chi connectivity index (χ4n) is 10.2. The maximum absolute atomic E-state index is 12.9. The molecule has 0 fully saturated rings. The molecule has 436 valence electrons. The van der Waals surface area contributed by atoms with Gasteiger partial charge in [0.15, 0.2) is 6.10 Å². The molecule has 0 aromatic rings. The summed E-state index contributed by atoms with van der Waals surface area (Å²) in [7, 11) is 0. The summed E-state index contributed by atoms with van der Waals surface area (Å²) in [5, 5.41) is 0. The predicted molar refractivity (Wildman–Crippen MR) is 321 cm³/mol. The van der Waals surface area contributed by atoms with E-state index in [-0.39, 0.29) is 31.1 Å². The Hall–Kier alpha value is -2.11. The molecular weight excluding hydrogens is 913 g/mol. The van der Waals surface area contributed by atoms with E-state index in [4.69, 9.17) is 14.2 Å². The summed E-state index contributed by atoms with van der Waals surface area (Å²) in [6.45, 7) is 6.70. The van der Waals surface area contributed by atoms with Crippen LogP contribution in [-0.2, 0) is 28.6 Å². The van der Waals surface area contributed by atoms with E-state index in [1.807, 2.05) is 0 Å². The summed E-state index contributed by atoms with van der Waals surface area (Å²) in [4.78, 5) is 38.4. The maximum atomic E-state index is 12.9. The summed E-state index contributed by atoms with van der Waals surface area (Å²) in [5.41, 5.74) is 0. The van der Waals surface area contributed by atoms with Crippen LogP contribution in [0.15, 0.2) is 24.3 Å². The summed E-state index contributed by atoms with van der Waals surface area (Å²) in [6.07, 6.45) is 76.1. The number of rotatable bonds is 62. The molecular formula is C68H128O6. The molecule has 0 bridgehead atoms. The Morgan fingerprint density at radius 3 is 0.716 bits per heavy atom. The molecule has 1 unspecified atom stereocenters. The number of carbonyl (C=O) groups is 3. The van der Waals surface area contributed by atoms with E-state index in [1.165, 1.54) is 257 Å². The molecule has 0 saturated heterocycles. The Kier molecular flexibility index (Phi) is 61.6. The molecule has 0 saturated carbocycles. The van der Waals surface area contributed by atoms with Gasteiger partial charge in [-0.2, -0.15) is 0 Å². The number of hydrogen-bond donors (Lipinski definition) is 0. The van der Waals surface area contributed by atoms with E-state index in [9.17, 15) is 14.4 Å². The standard InChI is InChI=1S/C68H128O6/c1-4-7-10-13-16-19-22-25-28-31-34-37-40-43-46-49-52-55-58-61-67(70)73-64-65(63-72-66(69)60-57-54-51-48-45-42-39-36-33-30-27-24-21-18-15-12-9-6-3)74-68(71)62-59-56-53-50-47-44-41-38-35-32-29-26-23-20-17-14-11-8-5-2/h30,33,36,39,65H,4-29,31-32,34-35,37-38,40-64H2,1-3H3/b33-30-,39-36-. The van der Waals surface area contributed by atoms with E-state index in [0.717, 1.165) is 77.0 Å². The minimum absolute atomic E-state index is 0.0698. The Morgan fingerprint density at radius 2 is 0.473 bits per heavy atom. The third-order valence-corrected chi connectivity index (χ3v) is 15.2. The van der Waals surface area contributed by atoms with Crippen LogP contribution in [0.2, 0.25) is 0 Å². The van der Waals surface area contributed by atoms with E-state index in [0.29, 0.717) is 19.3 Å². The highest BCUT2D eigenvalue weighted by molar-refractivity contribution is 5.71. The van der Waals surface area contributed by atoms with Crippen LogP contribution in [-0.4, -0.2) is 37.2 Å². The first-order valence-electron chi connectivity index (χ1n) is 33.4. The van der Waals surface area contributed by atoms with Crippen molar-refractivity contribution in [3.63, 3.8) is 0 Å². The van der Waals surface area contributed by atoms with Gasteiger partial charge in [-0.1, -0.05) is 334 Å². The van der Waals surface area contributed by atoms with Crippen molar-refractivity contribution < 1.29 is 28.6 Å². The van der Waals surface area contributed by atoms with Gasteiger partial charge in [-0.3, -0.25) is 14.4 Å². The third kappa shape index (κ3) is 60.8. The molecule has 0 aromatic heterocycles. The van der Waals surface area contributed by atoms with Crippen LogP contribution in [0.5, 0.6) is 0 Å². The summed E-state index contributed by atoms with van der Waals surface area (Å²) in [5.74, 6) is -0.854. The van der Waals surface area contributed by atoms with Gasteiger partial charge in [-0.05, 0) is 44.9 Å². The molecule has 0 N–H and O–H groups in total. The largest absolute Gasteiger partial charge is 0.462 e. The molecule has 0 spiro atoms. The number of unbranched alkanes of at least 4 members (excludes halogenated alkanes) is 48. The van der Waals surface area contributed by atoms with Crippen LogP contribution in [0, 0.1) is 0 Å². The van der Waals surface area contributed by atoms with Crippen molar-refractivity contribution in [1.29, 1.82) is 0 Å². The van der Waals surface area contributed by atoms with Crippen molar-refractivity contribution in [2.45, 2.75) is 380 Å². The van der Waals surface area contributed by atoms with Crippen LogP contribution >= 0.6 is 0 Å². The van der Waals surface area contributed by atoms with Crippen molar-refractivity contribution in [2.24, 2.45) is 0 Å². The first-order valence-corrected chi connectivity index (χ1v) is 33.4. The number of ether oxygens (including phenoxy) is 3. The van der Waals surface area contributed by atoms with Gasteiger partial charge in [0.2, 0.25) is 0 Å². The van der Waals surface area contributed by atoms with E-state index >= 15 is 0 Å². The van der Waals surface area contributed by atoms with Gasteiger partial charge in [0.25, 0.3) is 0 Å². The molecule has 74 heavy (non-hydrogen) atoms. The lowest BCUT2D eigenvalue weighted by molar-refractivity contribution is -0.167. The second kappa shape index (κ2) is 63.4. The summed E-state index contributed by atoms with van der Waals surface area (Å²) in [6, 6.07) is 0. The molecule has 0 aromatic carbocycles. The monoisotopic (exact) mass is 1040 g/mol. The molecule has 0 heterocycles. The Balaban J connectivity index is 4.33. The zero-order valence-electron chi connectivity index (χ0n) is 50.1. The van der Waals surface area contributed by atoms with Gasteiger partial charge in [-0.25, -0.2) is 0 Å². The van der Waals surface area contributed by atoms with Crippen LogP contribution in [0.1, 0.15) is 374 Å². The fourth-order valence-corrected chi connectivity index (χ4v) is 10.2. The first kappa shape index (κ1) is 71.9. The zero-order chi connectivity index (χ0) is 53.6. The Morgan fingerprint density at radius 1 is 0.270 bits per heavy atom. The zero-order valence-corrected chi connectivity index (χ0v) is 50.1. The predicted octanol–water partition coefficient (Wildman–Crippen LogP) is 22.6. The second-order valence-electron chi connectivity index (χ2n) is 22.8. The van der Waals surface area contributed by atoms with Crippen LogP contribution in [0.4, 0.5) is 0 Å². The van der Waals surface area contributed by atoms with Gasteiger partial charge in [0.1, 0.15) is 13.2 Å². The number of esters is 3. The molecule has 0 aliphatic heterocycles. The molecule has 0 aliphatic rings. The van der Waals surface area contributed by atoms with Crippen molar-refractivity contribution >= 4 is 17.9 Å². The first-order chi connectivity index (χ1) is 36.5. The van der Waals surface area contributed by atoms with Crippen molar-refractivity contribution in [2.75, 3.05) is 13.2 Å². The summed E-state index contributed by atoms with van der Waals surface area (Å²) < 4.78 is 17.0. The van der Waals surface area contributed by atoms with Crippen LogP contribution in [0.25, 0.3) is 0 Å². The fraction of sp³-hybridized carbons (Fsp3) is 0.897. The normalized spacial score (nSPS) is 12.1. The lowest BCUT2D eigenvalue weighted by Crippen LogP contribution is -2.30. The highest BCUT2D eigenvalue weighted by Crippen LogP contribution is 2.18. The summed E-state index contributed by atoms with van der Waals surface area (Å²) >= 11 is 0. The minimum atomic E-state index is -0.774. The van der Waals surface area contributed by atoms with Crippen LogP contribution < -0.4 is 0 Å². The lowest BCUT2D eigenvalue weighted by atomic mass is 10.0. The highest BCUT2D eigenvalue weighted by atomic mass is 16.6. The molecule has 6 heteroatoms. The highest BCUT2D eigenvalue weighted by Gasteiger charge is 2.19. The molecule has 0 rings (SSSR count). The van der Waals surface area contributed by atoms with Crippen LogP contribution in [0.3, 0.4) is 0 Å². The minimum Gasteiger partial charge on any atom is -0.462 e. The molecule has 0 amide bonds. The van der Waals surface area contributed by atoms with Gasteiger partial charge < -0.3 is 14.2 Å². The van der Waals surface area contributed by atoms with Gasteiger partial charge in [-0.15, -0.1) is 0 Å². The quantitative estimate of drug-likeness (QED) is 0.0261. The number of allylic oxidation sites excluding steroid dienone is 4. The molecule has 0 radical (unpaired) electrons. The Labute approximate surface area is 462 Å². The average molecular weight is 1040 g/mol. The molecule has 6 nitrogen and oxygen atoms in total. The number of hydrogen-bond acceptors (Lipinski definition) is 6. The third-order valence-electron chi connectivity index (χ3n) is 15.2. The average Bonchev–Trinajstić information content (AvgIpc) is 3.40. The van der Waals surface area contributed by atoms with E-state index in [1.54, 1.807) is 0 Å². The number of carbonyl (C=O) groups excluding carboxylic acids is 3. The topological polar surface area (TPSA) is 78.9 Å². The SMILES string of the molecule is CCCCCCCCC/C=C\C=C/CCCCCCCC(=O)OCC(COC(=O)CCCCCCCCCCCCCCCCCCCCC)OC(=O)CCCCCCCCCCCCCCCCCCCCC. The van der Waals surface area contributed by atoms with E-state index < -0.39 is 6.10 Å². The smallest absolute Gasteiger partial charge is 0.306 e. The maximum Gasteiger partial charge on any atom is 0.306 e. The van der Waals surface area contributed by atoms with E-state index in [2.05, 4.69) is 45.1 Å².